The highest BCUT2D eigenvalue weighted by atomic mass is 16.3. The largest absolute Gasteiger partial charge is 0.468 e. The minimum absolute atomic E-state index is 0.454. The quantitative estimate of drug-likeness (QED) is 0.870. The molecule has 2 heterocycles. The van der Waals surface area contributed by atoms with E-state index in [-0.39, 0.29) is 0 Å². The lowest BCUT2D eigenvalue weighted by Crippen LogP contribution is -2.36. The van der Waals surface area contributed by atoms with Crippen molar-refractivity contribution in [3.8, 4) is 0 Å². The SMILES string of the molecule is CCCN1CCCCC(CNC)C1c1ccco1. The molecular weight excluding hydrogens is 224 g/mol. The Bertz CT molecular complexity index is 307. The van der Waals surface area contributed by atoms with Crippen molar-refractivity contribution in [1.82, 2.24) is 10.2 Å². The molecule has 1 aromatic rings. The van der Waals surface area contributed by atoms with Gasteiger partial charge in [-0.2, -0.15) is 0 Å². The zero-order chi connectivity index (χ0) is 12.8. The van der Waals surface area contributed by atoms with Gasteiger partial charge in [-0.3, -0.25) is 4.90 Å². The number of hydrogen-bond acceptors (Lipinski definition) is 3. The van der Waals surface area contributed by atoms with Gasteiger partial charge in [-0.1, -0.05) is 13.3 Å². The van der Waals surface area contributed by atoms with Crippen LogP contribution in [0, 0.1) is 5.92 Å². The third kappa shape index (κ3) is 3.15. The van der Waals surface area contributed by atoms with Crippen LogP contribution in [0.15, 0.2) is 22.8 Å². The van der Waals surface area contributed by atoms with Gasteiger partial charge in [-0.05, 0) is 64.0 Å². The third-order valence-electron chi connectivity index (χ3n) is 3.92. The Morgan fingerprint density at radius 3 is 3.00 bits per heavy atom. The summed E-state index contributed by atoms with van der Waals surface area (Å²) in [6.45, 7) is 5.72. The molecule has 3 heteroatoms. The Kier molecular flexibility index (Phi) is 5.26. The van der Waals surface area contributed by atoms with Crippen molar-refractivity contribution in [2.75, 3.05) is 26.7 Å². The van der Waals surface area contributed by atoms with Crippen LogP contribution in [0.5, 0.6) is 0 Å². The molecule has 0 radical (unpaired) electrons. The van der Waals surface area contributed by atoms with Gasteiger partial charge >= 0.3 is 0 Å². The Balaban J connectivity index is 2.21. The number of nitrogens with one attached hydrogen (secondary N) is 1. The molecule has 2 atom stereocenters. The molecule has 0 amide bonds. The number of furan rings is 1. The summed E-state index contributed by atoms with van der Waals surface area (Å²) in [7, 11) is 2.05. The number of likely N-dealkylation sites (tertiary alicyclic amines) is 1. The summed E-state index contributed by atoms with van der Waals surface area (Å²) in [5, 5.41) is 3.35. The molecule has 1 aliphatic heterocycles. The maximum Gasteiger partial charge on any atom is 0.121 e. The van der Waals surface area contributed by atoms with E-state index < -0.39 is 0 Å². The molecule has 18 heavy (non-hydrogen) atoms. The zero-order valence-electron chi connectivity index (χ0n) is 11.7. The van der Waals surface area contributed by atoms with Gasteiger partial charge in [-0.25, -0.2) is 0 Å². The highest BCUT2D eigenvalue weighted by Gasteiger charge is 2.31. The highest BCUT2D eigenvalue weighted by molar-refractivity contribution is 5.07. The second-order valence-corrected chi connectivity index (χ2v) is 5.31. The summed E-state index contributed by atoms with van der Waals surface area (Å²) >= 11 is 0. The van der Waals surface area contributed by atoms with E-state index in [0.29, 0.717) is 12.0 Å². The zero-order valence-corrected chi connectivity index (χ0v) is 11.7. The molecule has 0 spiro atoms. The van der Waals surface area contributed by atoms with E-state index in [9.17, 15) is 0 Å². The fourth-order valence-corrected chi connectivity index (χ4v) is 3.20. The van der Waals surface area contributed by atoms with Crippen LogP contribution in [-0.2, 0) is 0 Å². The van der Waals surface area contributed by atoms with Gasteiger partial charge in [0, 0.05) is 0 Å². The first-order valence-corrected chi connectivity index (χ1v) is 7.28. The van der Waals surface area contributed by atoms with Crippen molar-refractivity contribution < 1.29 is 4.42 Å². The molecule has 3 nitrogen and oxygen atoms in total. The van der Waals surface area contributed by atoms with Crippen molar-refractivity contribution in [2.24, 2.45) is 5.92 Å². The van der Waals surface area contributed by atoms with E-state index in [1.165, 1.54) is 38.8 Å². The minimum Gasteiger partial charge on any atom is -0.468 e. The second-order valence-electron chi connectivity index (χ2n) is 5.31. The van der Waals surface area contributed by atoms with Crippen LogP contribution in [0.4, 0.5) is 0 Å². The van der Waals surface area contributed by atoms with Crippen LogP contribution >= 0.6 is 0 Å². The molecule has 0 aliphatic carbocycles. The number of nitrogens with zero attached hydrogens (tertiary/aromatic N) is 1. The summed E-state index contributed by atoms with van der Waals surface area (Å²) in [6.07, 6.45) is 6.97. The first-order chi connectivity index (χ1) is 8.86. The van der Waals surface area contributed by atoms with Gasteiger partial charge in [0.1, 0.15) is 5.76 Å². The van der Waals surface area contributed by atoms with Crippen LogP contribution in [0.3, 0.4) is 0 Å². The van der Waals surface area contributed by atoms with Crippen LogP contribution in [0.2, 0.25) is 0 Å². The van der Waals surface area contributed by atoms with Crippen molar-refractivity contribution in [2.45, 2.75) is 38.6 Å². The summed E-state index contributed by atoms with van der Waals surface area (Å²) in [5.74, 6) is 1.81. The van der Waals surface area contributed by atoms with Gasteiger partial charge in [0.2, 0.25) is 0 Å². The average molecular weight is 250 g/mol. The molecule has 0 bridgehead atoms. The molecule has 2 rings (SSSR count). The lowest BCUT2D eigenvalue weighted by Gasteiger charge is -2.33. The third-order valence-corrected chi connectivity index (χ3v) is 3.92. The van der Waals surface area contributed by atoms with Crippen molar-refractivity contribution in [1.29, 1.82) is 0 Å². The summed E-state index contributed by atoms with van der Waals surface area (Å²) in [6, 6.07) is 4.61. The summed E-state index contributed by atoms with van der Waals surface area (Å²) in [5.41, 5.74) is 0. The van der Waals surface area contributed by atoms with E-state index in [0.717, 1.165) is 12.3 Å². The number of rotatable bonds is 5. The molecule has 1 N–H and O–H groups in total. The minimum atomic E-state index is 0.454. The predicted octanol–water partition coefficient (Wildman–Crippen LogP) is 3.05. The van der Waals surface area contributed by atoms with Crippen molar-refractivity contribution >= 4 is 0 Å². The van der Waals surface area contributed by atoms with Gasteiger partial charge < -0.3 is 9.73 Å². The Hall–Kier alpha value is -0.800. The first kappa shape index (κ1) is 13.6. The molecule has 0 aromatic carbocycles. The van der Waals surface area contributed by atoms with Gasteiger partial charge in [0.05, 0.1) is 12.3 Å². The normalized spacial score (nSPS) is 26.1. The topological polar surface area (TPSA) is 28.4 Å². The highest BCUT2D eigenvalue weighted by Crippen LogP contribution is 2.35. The van der Waals surface area contributed by atoms with Crippen LogP contribution < -0.4 is 5.32 Å². The van der Waals surface area contributed by atoms with E-state index in [1.807, 2.05) is 13.1 Å². The standard InChI is InChI=1S/C15H26N2O/c1-3-9-17-10-5-4-7-13(12-16-2)15(17)14-8-6-11-18-14/h6,8,11,13,15-16H,3-5,7,9-10,12H2,1-2H3. The van der Waals surface area contributed by atoms with E-state index >= 15 is 0 Å². The molecule has 102 valence electrons. The van der Waals surface area contributed by atoms with Crippen LogP contribution in [0.25, 0.3) is 0 Å². The van der Waals surface area contributed by atoms with Gasteiger partial charge in [0.25, 0.3) is 0 Å². The van der Waals surface area contributed by atoms with Gasteiger partial charge in [0.15, 0.2) is 0 Å². The summed E-state index contributed by atoms with van der Waals surface area (Å²) < 4.78 is 5.71. The fraction of sp³-hybridized carbons (Fsp3) is 0.733. The van der Waals surface area contributed by atoms with E-state index in [1.54, 1.807) is 6.26 Å². The molecule has 0 saturated carbocycles. The van der Waals surface area contributed by atoms with E-state index in [2.05, 4.69) is 23.2 Å². The van der Waals surface area contributed by atoms with E-state index in [4.69, 9.17) is 4.42 Å². The molecular formula is C15H26N2O. The van der Waals surface area contributed by atoms with Crippen molar-refractivity contribution in [3.63, 3.8) is 0 Å². The first-order valence-electron chi connectivity index (χ1n) is 7.28. The molecule has 1 fully saturated rings. The molecule has 1 saturated heterocycles. The molecule has 2 unspecified atom stereocenters. The summed E-state index contributed by atoms with van der Waals surface area (Å²) in [4.78, 5) is 2.62. The smallest absolute Gasteiger partial charge is 0.121 e. The Morgan fingerprint density at radius 1 is 1.44 bits per heavy atom. The van der Waals surface area contributed by atoms with Crippen LogP contribution in [0.1, 0.15) is 44.4 Å². The maximum absolute atomic E-state index is 5.71. The lowest BCUT2D eigenvalue weighted by atomic mass is 9.92. The predicted molar refractivity (Wildman–Crippen MR) is 74.6 cm³/mol. The Labute approximate surface area is 111 Å². The second kappa shape index (κ2) is 6.95. The van der Waals surface area contributed by atoms with Gasteiger partial charge in [-0.15, -0.1) is 0 Å². The maximum atomic E-state index is 5.71. The average Bonchev–Trinajstić information content (AvgIpc) is 2.81. The Morgan fingerprint density at radius 2 is 2.33 bits per heavy atom. The fourth-order valence-electron chi connectivity index (χ4n) is 3.20. The lowest BCUT2D eigenvalue weighted by molar-refractivity contribution is 0.133. The number of hydrogen-bond donors (Lipinski definition) is 1. The molecule has 1 aromatic heterocycles. The molecule has 1 aliphatic rings. The monoisotopic (exact) mass is 250 g/mol. The van der Waals surface area contributed by atoms with Crippen molar-refractivity contribution in [3.05, 3.63) is 24.2 Å². The van der Waals surface area contributed by atoms with Crippen LogP contribution in [-0.4, -0.2) is 31.6 Å².